The Bertz CT molecular complexity index is 647. The highest BCUT2D eigenvalue weighted by molar-refractivity contribution is 6.02. The summed E-state index contributed by atoms with van der Waals surface area (Å²) in [5.41, 5.74) is 2.47. The standard InChI is InChI=1S/C17H22F3N3O2/c1-11-5-6-14(12(2)8-11)21-16(25)22-15(24)10-23-7-3-4-13(9-23)17(18,19)20/h5-6,8,13H,3-4,7,9-10H2,1-2H3,(H2,21,22,24,25)/t13-/m1/s1. The van der Waals surface area contributed by atoms with Gasteiger partial charge in [0.15, 0.2) is 0 Å². The van der Waals surface area contributed by atoms with Crippen LogP contribution in [-0.4, -0.2) is 42.6 Å². The number of nitrogens with zero attached hydrogens (tertiary/aromatic N) is 1. The molecule has 3 amide bonds. The maximum atomic E-state index is 12.8. The largest absolute Gasteiger partial charge is 0.393 e. The topological polar surface area (TPSA) is 61.4 Å². The molecule has 5 nitrogen and oxygen atoms in total. The molecule has 1 aliphatic heterocycles. The molecule has 2 N–H and O–H groups in total. The fraction of sp³-hybridized carbons (Fsp3) is 0.529. The number of rotatable bonds is 3. The van der Waals surface area contributed by atoms with Gasteiger partial charge in [0.1, 0.15) is 0 Å². The summed E-state index contributed by atoms with van der Waals surface area (Å²) >= 11 is 0. The molecule has 1 fully saturated rings. The first kappa shape index (κ1) is 19.2. The van der Waals surface area contributed by atoms with Crippen molar-refractivity contribution in [3.63, 3.8) is 0 Å². The van der Waals surface area contributed by atoms with Gasteiger partial charge in [0.25, 0.3) is 0 Å². The van der Waals surface area contributed by atoms with E-state index in [9.17, 15) is 22.8 Å². The molecule has 0 aromatic heterocycles. The first-order valence-corrected chi connectivity index (χ1v) is 8.12. The minimum Gasteiger partial charge on any atom is -0.307 e. The Kier molecular flexibility index (Phi) is 6.05. The van der Waals surface area contributed by atoms with Crippen LogP contribution in [0, 0.1) is 19.8 Å². The lowest BCUT2D eigenvalue weighted by Crippen LogP contribution is -2.47. The predicted octanol–water partition coefficient (Wildman–Crippen LogP) is 3.23. The number of carbonyl (C=O) groups excluding carboxylic acids is 2. The zero-order valence-electron chi connectivity index (χ0n) is 14.2. The Morgan fingerprint density at radius 3 is 2.64 bits per heavy atom. The fourth-order valence-electron chi connectivity index (χ4n) is 2.94. The van der Waals surface area contributed by atoms with Crippen LogP contribution in [0.4, 0.5) is 23.7 Å². The van der Waals surface area contributed by atoms with Crippen molar-refractivity contribution in [3.8, 4) is 0 Å². The number of carbonyl (C=O) groups is 2. The number of hydrogen-bond acceptors (Lipinski definition) is 3. The lowest BCUT2D eigenvalue weighted by molar-refractivity contribution is -0.187. The second-order valence-electron chi connectivity index (χ2n) is 6.44. The number of imide groups is 1. The van der Waals surface area contributed by atoms with Gasteiger partial charge >= 0.3 is 12.2 Å². The quantitative estimate of drug-likeness (QED) is 0.873. The number of alkyl halides is 3. The maximum absolute atomic E-state index is 12.8. The predicted molar refractivity (Wildman–Crippen MR) is 88.3 cm³/mol. The molecule has 1 aromatic carbocycles. The van der Waals surface area contributed by atoms with E-state index in [1.54, 1.807) is 6.07 Å². The van der Waals surface area contributed by atoms with E-state index in [4.69, 9.17) is 0 Å². The Morgan fingerprint density at radius 2 is 2.00 bits per heavy atom. The van der Waals surface area contributed by atoms with Crippen LogP contribution >= 0.6 is 0 Å². The number of benzene rings is 1. The molecule has 0 saturated carbocycles. The van der Waals surface area contributed by atoms with Gasteiger partial charge in [0, 0.05) is 12.2 Å². The molecular formula is C17H22F3N3O2. The number of piperidine rings is 1. The number of aryl methyl sites for hydroxylation is 2. The van der Waals surface area contributed by atoms with Gasteiger partial charge < -0.3 is 5.32 Å². The minimum absolute atomic E-state index is 0.0782. The second kappa shape index (κ2) is 7.86. The normalized spacial score (nSPS) is 18.7. The lowest BCUT2D eigenvalue weighted by atomic mass is 9.97. The number of halogens is 3. The molecule has 1 saturated heterocycles. The number of nitrogens with one attached hydrogen (secondary N) is 2. The highest BCUT2D eigenvalue weighted by Gasteiger charge is 2.41. The molecule has 0 bridgehead atoms. The van der Waals surface area contributed by atoms with E-state index in [0.29, 0.717) is 18.7 Å². The molecule has 1 aromatic rings. The summed E-state index contributed by atoms with van der Waals surface area (Å²) in [6, 6.07) is 4.76. The van der Waals surface area contributed by atoms with E-state index in [-0.39, 0.29) is 19.5 Å². The van der Waals surface area contributed by atoms with Gasteiger partial charge in [-0.1, -0.05) is 17.7 Å². The summed E-state index contributed by atoms with van der Waals surface area (Å²) in [6.07, 6.45) is -3.80. The third kappa shape index (κ3) is 5.74. The molecule has 0 spiro atoms. The van der Waals surface area contributed by atoms with Gasteiger partial charge in [0.05, 0.1) is 12.5 Å². The van der Waals surface area contributed by atoms with Crippen molar-refractivity contribution < 1.29 is 22.8 Å². The van der Waals surface area contributed by atoms with Crippen LogP contribution in [0.2, 0.25) is 0 Å². The van der Waals surface area contributed by atoms with Crippen molar-refractivity contribution in [2.24, 2.45) is 5.92 Å². The maximum Gasteiger partial charge on any atom is 0.393 e. The van der Waals surface area contributed by atoms with E-state index < -0.39 is 24.0 Å². The molecule has 0 aliphatic carbocycles. The van der Waals surface area contributed by atoms with Crippen molar-refractivity contribution in [1.29, 1.82) is 0 Å². The van der Waals surface area contributed by atoms with Crippen molar-refractivity contribution in [2.45, 2.75) is 32.9 Å². The summed E-state index contributed by atoms with van der Waals surface area (Å²) in [5, 5.41) is 4.73. The number of hydrogen-bond donors (Lipinski definition) is 2. The molecule has 0 unspecified atom stereocenters. The number of amides is 3. The Morgan fingerprint density at radius 1 is 1.28 bits per heavy atom. The number of likely N-dealkylation sites (tertiary alicyclic amines) is 1. The van der Waals surface area contributed by atoms with E-state index >= 15 is 0 Å². The van der Waals surface area contributed by atoms with Crippen LogP contribution in [0.15, 0.2) is 18.2 Å². The van der Waals surface area contributed by atoms with Crippen LogP contribution in [0.25, 0.3) is 0 Å². The van der Waals surface area contributed by atoms with Crippen LogP contribution in [0.3, 0.4) is 0 Å². The van der Waals surface area contributed by atoms with Crippen LogP contribution in [0.5, 0.6) is 0 Å². The molecule has 1 atom stereocenters. The first-order chi connectivity index (χ1) is 11.6. The van der Waals surface area contributed by atoms with Crippen molar-refractivity contribution in [1.82, 2.24) is 10.2 Å². The number of urea groups is 1. The lowest BCUT2D eigenvalue weighted by Gasteiger charge is -2.33. The summed E-state index contributed by atoms with van der Waals surface area (Å²) in [7, 11) is 0. The van der Waals surface area contributed by atoms with Gasteiger partial charge in [-0.2, -0.15) is 13.2 Å². The minimum atomic E-state index is -4.25. The van der Waals surface area contributed by atoms with Crippen LogP contribution in [0.1, 0.15) is 24.0 Å². The summed E-state index contributed by atoms with van der Waals surface area (Å²) < 4.78 is 38.3. The van der Waals surface area contributed by atoms with Crippen LogP contribution in [-0.2, 0) is 4.79 Å². The van der Waals surface area contributed by atoms with Gasteiger partial charge in [0.2, 0.25) is 5.91 Å². The van der Waals surface area contributed by atoms with E-state index in [0.717, 1.165) is 11.1 Å². The van der Waals surface area contributed by atoms with E-state index in [1.807, 2.05) is 26.0 Å². The van der Waals surface area contributed by atoms with Gasteiger partial charge in [-0.05, 0) is 44.9 Å². The zero-order valence-corrected chi connectivity index (χ0v) is 14.2. The zero-order chi connectivity index (χ0) is 18.6. The third-order valence-corrected chi connectivity index (χ3v) is 4.22. The molecule has 8 heteroatoms. The van der Waals surface area contributed by atoms with Crippen molar-refractivity contribution >= 4 is 17.6 Å². The second-order valence-corrected chi connectivity index (χ2v) is 6.44. The van der Waals surface area contributed by atoms with E-state index in [2.05, 4.69) is 10.6 Å². The van der Waals surface area contributed by atoms with Crippen LogP contribution < -0.4 is 10.6 Å². The highest BCUT2D eigenvalue weighted by atomic mass is 19.4. The average molecular weight is 357 g/mol. The van der Waals surface area contributed by atoms with Crippen molar-refractivity contribution in [2.75, 3.05) is 25.0 Å². The molecule has 2 rings (SSSR count). The average Bonchev–Trinajstić information content (AvgIpc) is 2.49. The summed E-state index contributed by atoms with van der Waals surface area (Å²) in [6.45, 7) is 3.73. The molecule has 1 heterocycles. The monoisotopic (exact) mass is 357 g/mol. The fourth-order valence-corrected chi connectivity index (χ4v) is 2.94. The van der Waals surface area contributed by atoms with Gasteiger partial charge in [-0.3, -0.25) is 15.0 Å². The Labute approximate surface area is 144 Å². The van der Waals surface area contributed by atoms with Gasteiger partial charge in [-0.25, -0.2) is 4.79 Å². The molecule has 1 aliphatic rings. The Hall–Kier alpha value is -2.09. The SMILES string of the molecule is Cc1ccc(NC(=O)NC(=O)CN2CCC[C@@H](C(F)(F)F)C2)c(C)c1. The number of anilines is 1. The molecular weight excluding hydrogens is 335 g/mol. The third-order valence-electron chi connectivity index (χ3n) is 4.22. The summed E-state index contributed by atoms with van der Waals surface area (Å²) in [4.78, 5) is 25.2. The van der Waals surface area contributed by atoms with Gasteiger partial charge in [-0.15, -0.1) is 0 Å². The Balaban J connectivity index is 1.84. The first-order valence-electron chi connectivity index (χ1n) is 8.12. The molecule has 25 heavy (non-hydrogen) atoms. The smallest absolute Gasteiger partial charge is 0.307 e. The highest BCUT2D eigenvalue weighted by Crippen LogP contribution is 2.32. The molecule has 138 valence electrons. The molecule has 0 radical (unpaired) electrons. The van der Waals surface area contributed by atoms with E-state index in [1.165, 1.54) is 4.90 Å². The summed E-state index contributed by atoms with van der Waals surface area (Å²) in [5.74, 6) is -2.04. The van der Waals surface area contributed by atoms with Crippen molar-refractivity contribution in [3.05, 3.63) is 29.3 Å².